The van der Waals surface area contributed by atoms with Crippen LogP contribution in [0, 0.1) is 0 Å². The molecule has 0 saturated carbocycles. The van der Waals surface area contributed by atoms with E-state index < -0.39 is 0 Å². The summed E-state index contributed by atoms with van der Waals surface area (Å²) in [5.41, 5.74) is 3.00. The first kappa shape index (κ1) is 26.6. The van der Waals surface area contributed by atoms with Crippen molar-refractivity contribution in [1.29, 1.82) is 0 Å². The molecule has 0 aliphatic carbocycles. The first-order valence-electron chi connectivity index (χ1n) is 15.4. The summed E-state index contributed by atoms with van der Waals surface area (Å²) in [6, 6.07) is 29.5. The molecule has 0 unspecified atom stereocenters. The Kier molecular flexibility index (Phi) is 7.64. The van der Waals surface area contributed by atoms with Crippen LogP contribution in [0.15, 0.2) is 72.8 Å². The topological polar surface area (TPSA) is 0 Å². The predicted molar refractivity (Wildman–Crippen MR) is 181 cm³/mol. The number of hydrogen-bond donors (Lipinski definition) is 0. The van der Waals surface area contributed by atoms with Gasteiger partial charge in [0.25, 0.3) is 0 Å². The first-order valence-corrected chi connectivity index (χ1v) is 18.8. The fourth-order valence-corrected chi connectivity index (χ4v) is 11.3. The van der Waals surface area contributed by atoms with Gasteiger partial charge in [-0.25, -0.2) is 0 Å². The van der Waals surface area contributed by atoms with Gasteiger partial charge in [-0.05, 0) is 0 Å². The van der Waals surface area contributed by atoms with Crippen molar-refractivity contribution in [2.24, 2.45) is 0 Å². The molecule has 202 valence electrons. The summed E-state index contributed by atoms with van der Waals surface area (Å²) in [6.45, 7) is 4.58. The standard InChI is InChI=1S/C38H38Se2/c1-3-5-7-9-11-25-13-15-27-19-31-33-23-38-34(24-37(33)39-35(31)21-29(27)17-25)32-20-28-16-14-26(12-10-8-6-4-2)18-30(28)22-36(32)40-38/h13-24H,3-12H2,1-2H3. The summed E-state index contributed by atoms with van der Waals surface area (Å²) in [6.07, 6.45) is 13.1. The Morgan fingerprint density at radius 3 is 1.27 bits per heavy atom. The van der Waals surface area contributed by atoms with Gasteiger partial charge in [0.15, 0.2) is 0 Å². The Labute approximate surface area is 249 Å². The van der Waals surface area contributed by atoms with Crippen LogP contribution in [0.1, 0.15) is 76.3 Å². The Morgan fingerprint density at radius 2 is 0.825 bits per heavy atom. The van der Waals surface area contributed by atoms with Crippen LogP contribution in [0.2, 0.25) is 0 Å². The minimum absolute atomic E-state index is 0.379. The fourth-order valence-electron chi connectivity index (χ4n) is 6.45. The van der Waals surface area contributed by atoms with E-state index in [1.165, 1.54) is 118 Å². The molecule has 40 heavy (non-hydrogen) atoms. The van der Waals surface area contributed by atoms with E-state index in [-0.39, 0.29) is 0 Å². The van der Waals surface area contributed by atoms with E-state index >= 15 is 0 Å². The Morgan fingerprint density at radius 1 is 0.400 bits per heavy atom. The van der Waals surface area contributed by atoms with E-state index in [4.69, 9.17) is 0 Å². The van der Waals surface area contributed by atoms with Crippen molar-refractivity contribution < 1.29 is 0 Å². The molecule has 0 bridgehead atoms. The summed E-state index contributed by atoms with van der Waals surface area (Å²) in [4.78, 5) is 0. The third-order valence-corrected chi connectivity index (χ3v) is 13.4. The van der Waals surface area contributed by atoms with Gasteiger partial charge in [0.1, 0.15) is 0 Å². The predicted octanol–water partition coefficient (Wildman–Crippen LogP) is 11.0. The van der Waals surface area contributed by atoms with Crippen molar-refractivity contribution in [2.75, 3.05) is 0 Å². The van der Waals surface area contributed by atoms with Crippen molar-refractivity contribution >= 4 is 89.1 Å². The zero-order chi connectivity index (χ0) is 27.1. The minimum atomic E-state index is 0.379. The molecule has 0 saturated heterocycles. The van der Waals surface area contributed by atoms with Crippen molar-refractivity contribution in [3.8, 4) is 0 Å². The van der Waals surface area contributed by atoms with Gasteiger partial charge in [-0.2, -0.15) is 0 Å². The number of hydrogen-bond acceptors (Lipinski definition) is 0. The van der Waals surface area contributed by atoms with E-state index in [9.17, 15) is 0 Å². The Balaban J connectivity index is 1.26. The Bertz CT molecular complexity index is 1840. The summed E-state index contributed by atoms with van der Waals surface area (Å²) < 4.78 is 6.28. The van der Waals surface area contributed by atoms with Crippen molar-refractivity contribution in [3.05, 3.63) is 83.9 Å². The molecule has 0 radical (unpaired) electrons. The molecule has 0 spiro atoms. The van der Waals surface area contributed by atoms with Gasteiger partial charge in [-0.1, -0.05) is 0 Å². The van der Waals surface area contributed by atoms with Gasteiger partial charge >= 0.3 is 251 Å². The quantitative estimate of drug-likeness (QED) is 0.102. The second-order valence-electron chi connectivity index (χ2n) is 11.7. The van der Waals surface area contributed by atoms with Crippen LogP contribution in [-0.4, -0.2) is 29.0 Å². The fraction of sp³-hybridized carbons (Fsp3) is 0.316. The van der Waals surface area contributed by atoms with Crippen molar-refractivity contribution in [2.45, 2.75) is 78.1 Å². The van der Waals surface area contributed by atoms with E-state index in [1.54, 1.807) is 17.0 Å². The van der Waals surface area contributed by atoms with E-state index in [0.717, 1.165) is 0 Å². The molecule has 2 aromatic heterocycles. The van der Waals surface area contributed by atoms with Crippen LogP contribution < -0.4 is 0 Å². The average Bonchev–Trinajstić information content (AvgIpc) is 3.49. The van der Waals surface area contributed by atoms with Crippen LogP contribution in [0.4, 0.5) is 0 Å². The number of aryl methyl sites for hydroxylation is 2. The molecule has 7 aromatic rings. The van der Waals surface area contributed by atoms with E-state index in [0.29, 0.717) is 29.0 Å². The van der Waals surface area contributed by atoms with Crippen LogP contribution in [-0.2, 0) is 12.8 Å². The third kappa shape index (κ3) is 5.10. The van der Waals surface area contributed by atoms with Gasteiger partial charge in [0.2, 0.25) is 0 Å². The van der Waals surface area contributed by atoms with Gasteiger partial charge in [0.05, 0.1) is 0 Å². The third-order valence-electron chi connectivity index (χ3n) is 8.75. The van der Waals surface area contributed by atoms with Gasteiger partial charge in [-0.3, -0.25) is 0 Å². The number of unbranched alkanes of at least 4 members (excludes halogenated alkanes) is 6. The molecule has 0 amide bonds. The van der Waals surface area contributed by atoms with Crippen molar-refractivity contribution in [3.63, 3.8) is 0 Å². The molecular weight excluding hydrogens is 614 g/mol. The van der Waals surface area contributed by atoms with Gasteiger partial charge in [-0.15, -0.1) is 0 Å². The molecule has 0 N–H and O–H groups in total. The number of fused-ring (bicyclic) bond motifs is 8. The molecule has 0 aliphatic heterocycles. The molecule has 2 heterocycles. The number of benzene rings is 5. The van der Waals surface area contributed by atoms with Crippen LogP contribution in [0.25, 0.3) is 60.1 Å². The summed E-state index contributed by atoms with van der Waals surface area (Å²) in [7, 11) is 0. The average molecular weight is 653 g/mol. The van der Waals surface area contributed by atoms with Crippen LogP contribution in [0.3, 0.4) is 0 Å². The Hall–Kier alpha value is -2.34. The monoisotopic (exact) mass is 654 g/mol. The van der Waals surface area contributed by atoms with Crippen LogP contribution in [0.5, 0.6) is 0 Å². The summed E-state index contributed by atoms with van der Waals surface area (Å²) >= 11 is 0.759. The zero-order valence-electron chi connectivity index (χ0n) is 23.8. The molecule has 0 nitrogen and oxygen atoms in total. The van der Waals surface area contributed by atoms with Crippen LogP contribution >= 0.6 is 0 Å². The molecule has 0 fully saturated rings. The summed E-state index contributed by atoms with van der Waals surface area (Å²) in [5.74, 6) is 0. The SMILES string of the molecule is CCCCCCc1ccc2cc3c(cc2c1)[se]c1cc2c(cc13)[se]c1cc3cc(CCCCCC)ccc3cc12. The molecule has 2 heteroatoms. The summed E-state index contributed by atoms with van der Waals surface area (Å²) in [5, 5.41) is 11.6. The molecular formula is C38H38Se2. The molecule has 0 aliphatic rings. The maximum atomic E-state index is 2.57. The normalized spacial score (nSPS) is 12.2. The number of rotatable bonds is 10. The second kappa shape index (κ2) is 11.5. The molecule has 7 rings (SSSR count). The first-order chi connectivity index (χ1) is 19.7. The van der Waals surface area contributed by atoms with Gasteiger partial charge in [0, 0.05) is 0 Å². The van der Waals surface area contributed by atoms with Gasteiger partial charge < -0.3 is 0 Å². The van der Waals surface area contributed by atoms with Crippen molar-refractivity contribution in [1.82, 2.24) is 0 Å². The molecule has 0 atom stereocenters. The van der Waals surface area contributed by atoms with E-state index in [2.05, 4.69) is 86.6 Å². The van der Waals surface area contributed by atoms with E-state index in [1.807, 2.05) is 0 Å². The zero-order valence-corrected chi connectivity index (χ0v) is 27.2. The maximum absolute atomic E-state index is 2.57. The molecule has 5 aromatic carbocycles. The second-order valence-corrected chi connectivity index (χ2v) is 16.3.